The molecule has 0 saturated carbocycles. The van der Waals surface area contributed by atoms with Crippen molar-refractivity contribution in [2.75, 3.05) is 13.1 Å². The largest absolute Gasteiger partial charge is 0.348 e. The highest BCUT2D eigenvalue weighted by Crippen LogP contribution is 2.22. The smallest absolute Gasteiger partial charge is 0.251 e. The third kappa shape index (κ3) is 4.20. The fourth-order valence-corrected chi connectivity index (χ4v) is 4.79. The predicted molar refractivity (Wildman–Crippen MR) is 102 cm³/mol. The van der Waals surface area contributed by atoms with Crippen molar-refractivity contribution in [3.63, 3.8) is 0 Å². The number of carbonyl (C=O) groups is 1. The van der Waals surface area contributed by atoms with Gasteiger partial charge in [0.05, 0.1) is 4.90 Å². The summed E-state index contributed by atoms with van der Waals surface area (Å²) in [5.41, 5.74) is 1.13. The quantitative estimate of drug-likeness (QED) is 0.813. The highest BCUT2D eigenvalue weighted by atomic mass is 35.5. The number of nitrogens with zero attached hydrogens (tertiary/aromatic N) is 1. The van der Waals surface area contributed by atoms with Crippen molar-refractivity contribution in [2.45, 2.75) is 24.3 Å². The van der Waals surface area contributed by atoms with Gasteiger partial charge in [0.15, 0.2) is 0 Å². The molecule has 1 heterocycles. The zero-order valence-corrected chi connectivity index (χ0v) is 16.2. The summed E-state index contributed by atoms with van der Waals surface area (Å²) in [6.07, 6.45) is 1.76. The summed E-state index contributed by atoms with van der Waals surface area (Å²) < 4.78 is 26.5. The van der Waals surface area contributed by atoms with Crippen LogP contribution in [0.1, 0.15) is 28.8 Å². The molecule has 0 bridgehead atoms. The van der Waals surface area contributed by atoms with Gasteiger partial charge in [-0.15, -0.1) is 0 Å². The Balaban J connectivity index is 1.67. The molecule has 1 fully saturated rings. The number of benzene rings is 2. The van der Waals surface area contributed by atoms with Gasteiger partial charge >= 0.3 is 0 Å². The molecule has 0 spiro atoms. The van der Waals surface area contributed by atoms with E-state index in [4.69, 9.17) is 23.2 Å². The molecule has 26 heavy (non-hydrogen) atoms. The number of hydrogen-bond acceptors (Lipinski definition) is 3. The minimum Gasteiger partial charge on any atom is -0.348 e. The number of nitrogens with one attached hydrogen (secondary N) is 1. The van der Waals surface area contributed by atoms with Crippen molar-refractivity contribution in [3.05, 3.63) is 63.6 Å². The van der Waals surface area contributed by atoms with E-state index in [1.807, 2.05) is 0 Å². The van der Waals surface area contributed by atoms with Gasteiger partial charge < -0.3 is 5.32 Å². The Morgan fingerprint density at radius 3 is 2.31 bits per heavy atom. The van der Waals surface area contributed by atoms with E-state index in [2.05, 4.69) is 5.32 Å². The molecule has 0 aromatic heterocycles. The molecule has 0 radical (unpaired) electrons. The van der Waals surface area contributed by atoms with Crippen molar-refractivity contribution in [1.29, 1.82) is 0 Å². The van der Waals surface area contributed by atoms with Crippen LogP contribution in [0.15, 0.2) is 47.4 Å². The van der Waals surface area contributed by atoms with Crippen molar-refractivity contribution in [2.24, 2.45) is 0 Å². The number of rotatable bonds is 5. The minimum absolute atomic E-state index is 0.205. The normalized spacial score (nSPS) is 15.2. The molecule has 138 valence electrons. The molecule has 0 atom stereocenters. The Kier molecular flexibility index (Phi) is 5.87. The van der Waals surface area contributed by atoms with E-state index in [0.717, 1.165) is 18.4 Å². The SMILES string of the molecule is O=C(NCc1ccc(Cl)cc1Cl)c1ccc(S(=O)(=O)N2CCCC2)cc1. The average molecular weight is 413 g/mol. The van der Waals surface area contributed by atoms with Crippen LogP contribution in [0.25, 0.3) is 0 Å². The van der Waals surface area contributed by atoms with E-state index in [-0.39, 0.29) is 17.3 Å². The first-order valence-electron chi connectivity index (χ1n) is 8.20. The van der Waals surface area contributed by atoms with Gasteiger partial charge in [-0.3, -0.25) is 4.79 Å². The van der Waals surface area contributed by atoms with Crippen LogP contribution in [0.2, 0.25) is 10.0 Å². The third-order valence-corrected chi connectivity index (χ3v) is 6.77. The highest BCUT2D eigenvalue weighted by molar-refractivity contribution is 7.89. The van der Waals surface area contributed by atoms with E-state index < -0.39 is 10.0 Å². The maximum absolute atomic E-state index is 12.5. The standard InChI is InChI=1S/C18H18Cl2N2O3S/c19-15-6-3-14(17(20)11-15)12-21-18(23)13-4-7-16(8-5-13)26(24,25)22-9-1-2-10-22/h3-8,11H,1-2,9-10,12H2,(H,21,23). The Labute approximate surface area is 163 Å². The molecule has 1 N–H and O–H groups in total. The molecule has 0 unspecified atom stereocenters. The Morgan fingerprint density at radius 1 is 1.04 bits per heavy atom. The van der Waals surface area contributed by atoms with E-state index in [1.54, 1.807) is 18.2 Å². The van der Waals surface area contributed by atoms with E-state index >= 15 is 0 Å². The second kappa shape index (κ2) is 7.96. The lowest BCUT2D eigenvalue weighted by atomic mass is 10.2. The highest BCUT2D eigenvalue weighted by Gasteiger charge is 2.27. The molecule has 8 heteroatoms. The topological polar surface area (TPSA) is 66.5 Å². The summed E-state index contributed by atoms with van der Waals surface area (Å²) in [7, 11) is -3.47. The molecule has 0 aliphatic carbocycles. The van der Waals surface area contributed by atoms with Gasteiger partial charge in [-0.25, -0.2) is 8.42 Å². The van der Waals surface area contributed by atoms with E-state index in [9.17, 15) is 13.2 Å². The first-order valence-corrected chi connectivity index (χ1v) is 10.4. The Hall–Kier alpha value is -1.60. The van der Waals surface area contributed by atoms with Crippen LogP contribution >= 0.6 is 23.2 Å². The predicted octanol–water partition coefficient (Wildman–Crippen LogP) is 3.71. The van der Waals surface area contributed by atoms with Crippen LogP contribution in [0.4, 0.5) is 0 Å². The molecule has 2 aromatic carbocycles. The second-order valence-electron chi connectivity index (χ2n) is 6.05. The lowest BCUT2D eigenvalue weighted by Crippen LogP contribution is -2.28. The van der Waals surface area contributed by atoms with Gasteiger partial charge in [-0.2, -0.15) is 4.31 Å². The van der Waals surface area contributed by atoms with Crippen LogP contribution < -0.4 is 5.32 Å². The minimum atomic E-state index is -3.47. The average Bonchev–Trinajstić information content (AvgIpc) is 3.16. The summed E-state index contributed by atoms with van der Waals surface area (Å²) in [6.45, 7) is 1.35. The molecular formula is C18H18Cl2N2O3S. The lowest BCUT2D eigenvalue weighted by Gasteiger charge is -2.15. The number of carbonyl (C=O) groups excluding carboxylic acids is 1. The lowest BCUT2D eigenvalue weighted by molar-refractivity contribution is 0.0951. The molecule has 1 aliphatic rings. The number of sulfonamides is 1. The van der Waals surface area contributed by atoms with Crippen LogP contribution in [0.5, 0.6) is 0 Å². The molecule has 2 aromatic rings. The Bertz CT molecular complexity index is 909. The van der Waals surface area contributed by atoms with Crippen LogP contribution in [-0.2, 0) is 16.6 Å². The fraction of sp³-hybridized carbons (Fsp3) is 0.278. The van der Waals surface area contributed by atoms with Crippen molar-refractivity contribution in [3.8, 4) is 0 Å². The van der Waals surface area contributed by atoms with Gasteiger partial charge in [0.25, 0.3) is 5.91 Å². The number of halogens is 2. The summed E-state index contributed by atoms with van der Waals surface area (Å²) in [6, 6.07) is 11.0. The maximum atomic E-state index is 12.5. The fourth-order valence-electron chi connectivity index (χ4n) is 2.80. The van der Waals surface area contributed by atoms with Crippen molar-refractivity contribution in [1.82, 2.24) is 9.62 Å². The molecular weight excluding hydrogens is 395 g/mol. The third-order valence-electron chi connectivity index (χ3n) is 4.27. The summed E-state index contributed by atoms with van der Waals surface area (Å²) in [4.78, 5) is 12.5. The monoisotopic (exact) mass is 412 g/mol. The maximum Gasteiger partial charge on any atom is 0.251 e. The zero-order valence-electron chi connectivity index (χ0n) is 13.9. The van der Waals surface area contributed by atoms with Crippen molar-refractivity contribution >= 4 is 39.1 Å². The second-order valence-corrected chi connectivity index (χ2v) is 8.84. The zero-order chi connectivity index (χ0) is 18.7. The summed E-state index contributed by atoms with van der Waals surface area (Å²) >= 11 is 11.9. The molecule has 3 rings (SSSR count). The number of hydrogen-bond donors (Lipinski definition) is 1. The van der Waals surface area contributed by atoms with Gasteiger partial charge in [0, 0.05) is 35.2 Å². The van der Waals surface area contributed by atoms with Gasteiger partial charge in [0.1, 0.15) is 0 Å². The van der Waals surface area contributed by atoms with E-state index in [1.165, 1.54) is 28.6 Å². The summed E-state index contributed by atoms with van der Waals surface area (Å²) in [5, 5.41) is 3.77. The number of amides is 1. The van der Waals surface area contributed by atoms with Gasteiger partial charge in [-0.1, -0.05) is 29.3 Å². The molecule has 1 saturated heterocycles. The first kappa shape index (κ1) is 19.2. The van der Waals surface area contributed by atoms with Gasteiger partial charge in [0.2, 0.25) is 10.0 Å². The van der Waals surface area contributed by atoms with E-state index in [0.29, 0.717) is 28.7 Å². The summed E-state index contributed by atoms with van der Waals surface area (Å²) in [5.74, 6) is -0.305. The molecule has 1 aliphatic heterocycles. The van der Waals surface area contributed by atoms with Crippen LogP contribution in [-0.4, -0.2) is 31.7 Å². The van der Waals surface area contributed by atoms with Gasteiger partial charge in [-0.05, 0) is 54.8 Å². The first-order chi connectivity index (χ1) is 12.4. The van der Waals surface area contributed by atoms with Crippen LogP contribution in [0.3, 0.4) is 0 Å². The van der Waals surface area contributed by atoms with Crippen molar-refractivity contribution < 1.29 is 13.2 Å². The Morgan fingerprint density at radius 2 is 1.69 bits per heavy atom. The molecule has 5 nitrogen and oxygen atoms in total. The van der Waals surface area contributed by atoms with Crippen LogP contribution in [0, 0.1) is 0 Å². The molecule has 1 amide bonds.